The van der Waals surface area contributed by atoms with Gasteiger partial charge in [0.2, 0.25) is 0 Å². The first-order chi connectivity index (χ1) is 13.7. The summed E-state index contributed by atoms with van der Waals surface area (Å²) >= 11 is 0. The number of hydrogen-bond acceptors (Lipinski definition) is 3. The summed E-state index contributed by atoms with van der Waals surface area (Å²) in [5.41, 5.74) is 2.09. The Labute approximate surface area is 168 Å². The molecule has 1 aliphatic heterocycles. The minimum absolute atomic E-state index is 0.0735. The molecule has 0 radical (unpaired) electrons. The number of fused-ring (bicyclic) bond motifs is 1. The van der Waals surface area contributed by atoms with Crippen LogP contribution in [0.3, 0.4) is 0 Å². The first-order valence-electron chi connectivity index (χ1n) is 11.3. The average Bonchev–Trinajstić information content (AvgIpc) is 2.86. The van der Waals surface area contributed by atoms with E-state index in [1.165, 1.54) is 38.5 Å². The third-order valence-electron chi connectivity index (χ3n) is 7.02. The lowest BCUT2D eigenvalue weighted by atomic mass is 9.90. The number of para-hydroxylation sites is 2. The van der Waals surface area contributed by atoms with Crippen LogP contribution in [0.25, 0.3) is 11.0 Å². The predicted molar refractivity (Wildman–Crippen MR) is 114 cm³/mol. The molecule has 154 valence electrons. The molecule has 1 aliphatic carbocycles. The number of benzene rings is 1. The molecule has 1 saturated carbocycles. The van der Waals surface area contributed by atoms with Crippen LogP contribution in [0.2, 0.25) is 0 Å². The minimum atomic E-state index is 0.0735. The molecular weight excluding hydrogens is 350 g/mol. The maximum atomic E-state index is 13.1. The second kappa shape index (κ2) is 8.83. The molecular formula is C23H35N3O2. The second-order valence-electron chi connectivity index (χ2n) is 8.80. The van der Waals surface area contributed by atoms with Gasteiger partial charge in [0.1, 0.15) is 0 Å². The van der Waals surface area contributed by atoms with E-state index in [9.17, 15) is 9.90 Å². The van der Waals surface area contributed by atoms with Gasteiger partial charge >= 0.3 is 5.69 Å². The van der Waals surface area contributed by atoms with E-state index in [2.05, 4.69) is 11.0 Å². The number of rotatable bonds is 5. The molecule has 5 heteroatoms. The van der Waals surface area contributed by atoms with Crippen LogP contribution in [-0.4, -0.2) is 45.4 Å². The molecule has 4 rings (SSSR count). The Bertz CT molecular complexity index is 832. The van der Waals surface area contributed by atoms with E-state index in [4.69, 9.17) is 0 Å². The SMILES string of the molecule is CCn1c(=O)n([C@@H]2CCN(CC3CCCCCC3)C[C@H]2CO)c2ccccc21. The number of aryl methyl sites for hydroxylation is 1. The normalized spacial score (nSPS) is 25.2. The van der Waals surface area contributed by atoms with Gasteiger partial charge < -0.3 is 10.0 Å². The smallest absolute Gasteiger partial charge is 0.329 e. The monoisotopic (exact) mass is 385 g/mol. The largest absolute Gasteiger partial charge is 0.396 e. The van der Waals surface area contributed by atoms with Crippen LogP contribution in [-0.2, 0) is 6.54 Å². The van der Waals surface area contributed by atoms with E-state index in [1.807, 2.05) is 34.3 Å². The van der Waals surface area contributed by atoms with Gasteiger partial charge in [0.25, 0.3) is 0 Å². The number of aliphatic hydroxyl groups is 1. The highest BCUT2D eigenvalue weighted by atomic mass is 16.3. The van der Waals surface area contributed by atoms with E-state index < -0.39 is 0 Å². The number of aromatic nitrogens is 2. The molecule has 1 aromatic carbocycles. The number of piperidine rings is 1. The molecule has 0 unspecified atom stereocenters. The van der Waals surface area contributed by atoms with Gasteiger partial charge in [0.05, 0.1) is 11.0 Å². The maximum absolute atomic E-state index is 13.1. The van der Waals surface area contributed by atoms with Crippen molar-refractivity contribution in [1.29, 1.82) is 0 Å². The quantitative estimate of drug-likeness (QED) is 0.800. The molecule has 2 aliphatic rings. The van der Waals surface area contributed by atoms with Gasteiger partial charge in [-0.3, -0.25) is 9.13 Å². The minimum Gasteiger partial charge on any atom is -0.396 e. The Hall–Kier alpha value is -1.59. The van der Waals surface area contributed by atoms with Crippen molar-refractivity contribution >= 4 is 11.0 Å². The first kappa shape index (κ1) is 19.7. The maximum Gasteiger partial charge on any atom is 0.329 e. The summed E-state index contributed by atoms with van der Waals surface area (Å²) in [6, 6.07) is 8.17. The third-order valence-corrected chi connectivity index (χ3v) is 7.02. The van der Waals surface area contributed by atoms with Gasteiger partial charge in [-0.25, -0.2) is 4.79 Å². The molecule has 2 fully saturated rings. The van der Waals surface area contributed by atoms with Crippen molar-refractivity contribution in [2.45, 2.75) is 64.5 Å². The molecule has 2 heterocycles. The molecule has 0 amide bonds. The van der Waals surface area contributed by atoms with Gasteiger partial charge in [-0.1, -0.05) is 37.8 Å². The van der Waals surface area contributed by atoms with E-state index in [1.54, 1.807) is 0 Å². The zero-order valence-electron chi connectivity index (χ0n) is 17.2. The lowest BCUT2D eigenvalue weighted by molar-refractivity contribution is 0.0660. The lowest BCUT2D eigenvalue weighted by Gasteiger charge is -2.39. The Morgan fingerprint density at radius 2 is 1.75 bits per heavy atom. The Morgan fingerprint density at radius 3 is 2.43 bits per heavy atom. The zero-order chi connectivity index (χ0) is 19.5. The number of nitrogens with zero attached hydrogens (tertiary/aromatic N) is 3. The lowest BCUT2D eigenvalue weighted by Crippen LogP contribution is -2.46. The molecule has 2 atom stereocenters. The topological polar surface area (TPSA) is 50.4 Å². The van der Waals surface area contributed by atoms with Gasteiger partial charge in [-0.2, -0.15) is 0 Å². The Morgan fingerprint density at radius 1 is 1.04 bits per heavy atom. The van der Waals surface area contributed by atoms with Crippen molar-refractivity contribution in [2.75, 3.05) is 26.2 Å². The summed E-state index contributed by atoms with van der Waals surface area (Å²) in [5, 5.41) is 10.2. The Balaban J connectivity index is 1.55. The molecule has 0 bridgehead atoms. The molecule has 2 aromatic rings. The first-order valence-corrected chi connectivity index (χ1v) is 11.3. The summed E-state index contributed by atoms with van der Waals surface area (Å²) in [5.74, 6) is 0.927. The number of hydrogen-bond donors (Lipinski definition) is 1. The van der Waals surface area contributed by atoms with Crippen molar-refractivity contribution < 1.29 is 5.11 Å². The molecule has 5 nitrogen and oxygen atoms in total. The van der Waals surface area contributed by atoms with E-state index >= 15 is 0 Å². The number of imidazole rings is 1. The molecule has 28 heavy (non-hydrogen) atoms. The van der Waals surface area contributed by atoms with Crippen molar-refractivity contribution in [3.05, 3.63) is 34.7 Å². The fraction of sp³-hybridized carbons (Fsp3) is 0.696. The zero-order valence-corrected chi connectivity index (χ0v) is 17.2. The average molecular weight is 386 g/mol. The van der Waals surface area contributed by atoms with E-state index in [-0.39, 0.29) is 24.3 Å². The molecule has 1 N–H and O–H groups in total. The van der Waals surface area contributed by atoms with Crippen LogP contribution in [0.4, 0.5) is 0 Å². The van der Waals surface area contributed by atoms with Crippen molar-refractivity contribution in [3.8, 4) is 0 Å². The second-order valence-corrected chi connectivity index (χ2v) is 8.80. The van der Waals surface area contributed by atoms with Crippen LogP contribution in [0, 0.1) is 11.8 Å². The number of likely N-dealkylation sites (tertiary alicyclic amines) is 1. The van der Waals surface area contributed by atoms with Crippen LogP contribution in [0.15, 0.2) is 29.1 Å². The van der Waals surface area contributed by atoms with E-state index in [0.717, 1.165) is 43.0 Å². The van der Waals surface area contributed by atoms with Gasteiger partial charge in [-0.05, 0) is 44.2 Å². The van der Waals surface area contributed by atoms with Crippen LogP contribution >= 0.6 is 0 Å². The third kappa shape index (κ3) is 3.79. The summed E-state index contributed by atoms with van der Waals surface area (Å²) in [6.07, 6.45) is 9.17. The fourth-order valence-electron chi connectivity index (χ4n) is 5.55. The highest BCUT2D eigenvalue weighted by Gasteiger charge is 2.33. The molecule has 1 saturated heterocycles. The van der Waals surface area contributed by atoms with Gasteiger partial charge in [-0.15, -0.1) is 0 Å². The van der Waals surface area contributed by atoms with Crippen LogP contribution in [0.1, 0.15) is 57.9 Å². The fourth-order valence-corrected chi connectivity index (χ4v) is 5.55. The van der Waals surface area contributed by atoms with Crippen LogP contribution < -0.4 is 5.69 Å². The molecule has 1 aromatic heterocycles. The van der Waals surface area contributed by atoms with E-state index in [0.29, 0.717) is 6.54 Å². The standard InChI is InChI=1S/C23H35N3O2/c1-2-25-21-11-7-8-12-22(21)26(23(25)28)20-13-14-24(16-19(20)17-27)15-18-9-5-3-4-6-10-18/h7-8,11-12,18-20,27H,2-6,9-10,13-17H2,1H3/t19-,20+/m0/s1. The van der Waals surface area contributed by atoms with Crippen LogP contribution in [0.5, 0.6) is 0 Å². The highest BCUT2D eigenvalue weighted by molar-refractivity contribution is 5.76. The predicted octanol–water partition coefficient (Wildman–Crippen LogP) is 3.65. The highest BCUT2D eigenvalue weighted by Crippen LogP contribution is 2.32. The summed E-state index contributed by atoms with van der Waals surface area (Å²) < 4.78 is 3.84. The number of aliphatic hydroxyl groups excluding tert-OH is 1. The van der Waals surface area contributed by atoms with Gasteiger partial charge in [0.15, 0.2) is 0 Å². The summed E-state index contributed by atoms with van der Waals surface area (Å²) in [6.45, 7) is 5.93. The summed E-state index contributed by atoms with van der Waals surface area (Å²) in [7, 11) is 0. The summed E-state index contributed by atoms with van der Waals surface area (Å²) in [4.78, 5) is 15.7. The van der Waals surface area contributed by atoms with Crippen molar-refractivity contribution in [3.63, 3.8) is 0 Å². The van der Waals surface area contributed by atoms with Crippen molar-refractivity contribution in [1.82, 2.24) is 14.0 Å². The van der Waals surface area contributed by atoms with Crippen molar-refractivity contribution in [2.24, 2.45) is 11.8 Å². The Kier molecular flexibility index (Phi) is 6.22. The van der Waals surface area contributed by atoms with Gasteiger partial charge in [0, 0.05) is 44.7 Å². The molecule has 0 spiro atoms.